The molecule has 0 unspecified atom stereocenters. The molecule has 3 N–H and O–H groups in total. The number of ether oxygens (including phenoxy) is 1. The van der Waals surface area contributed by atoms with Gasteiger partial charge in [0.15, 0.2) is 5.78 Å². The number of benzene rings is 1. The Morgan fingerprint density at radius 2 is 1.80 bits per heavy atom. The van der Waals surface area contributed by atoms with Gasteiger partial charge in [0.1, 0.15) is 11.9 Å². The number of rotatable bonds is 2. The number of carbonyl (C=O) groups is 2. The molecule has 35 heavy (non-hydrogen) atoms. The molecule has 186 valence electrons. The highest BCUT2D eigenvalue weighted by Gasteiger charge is 2.36. The van der Waals surface area contributed by atoms with Crippen molar-refractivity contribution in [2.45, 2.75) is 57.3 Å². The first-order chi connectivity index (χ1) is 16.9. The molecule has 0 spiro atoms. The van der Waals surface area contributed by atoms with E-state index < -0.39 is 12.2 Å². The van der Waals surface area contributed by atoms with E-state index in [4.69, 9.17) is 4.74 Å². The molecule has 3 rings (SSSR count). The highest BCUT2D eigenvalue weighted by atomic mass is 16.5. The van der Waals surface area contributed by atoms with Gasteiger partial charge >= 0.3 is 0 Å². The third-order valence-corrected chi connectivity index (χ3v) is 6.33. The van der Waals surface area contributed by atoms with E-state index >= 15 is 0 Å². The van der Waals surface area contributed by atoms with E-state index in [-0.39, 0.29) is 35.8 Å². The molecule has 4 atom stereocenters. The number of aliphatic hydroxyl groups is 2. The van der Waals surface area contributed by atoms with Crippen LogP contribution in [0.25, 0.3) is 0 Å². The van der Waals surface area contributed by atoms with Gasteiger partial charge in [0.25, 0.3) is 0 Å². The summed E-state index contributed by atoms with van der Waals surface area (Å²) in [4.78, 5) is 25.5. The molecule has 1 aromatic rings. The minimum Gasteiger partial charge on any atom is -0.509 e. The van der Waals surface area contributed by atoms with Crippen LogP contribution in [0.4, 0.5) is 0 Å². The number of methoxy groups -OCH3 is 1. The van der Waals surface area contributed by atoms with Gasteiger partial charge in [-0.3, -0.25) is 9.59 Å². The van der Waals surface area contributed by atoms with Gasteiger partial charge in [-0.2, -0.15) is 0 Å². The zero-order valence-corrected chi connectivity index (χ0v) is 20.4. The topological polar surface area (TPSA) is 95.9 Å². The van der Waals surface area contributed by atoms with Gasteiger partial charge in [-0.1, -0.05) is 72.4 Å². The van der Waals surface area contributed by atoms with E-state index in [0.717, 1.165) is 11.1 Å². The minimum atomic E-state index is -0.810. The molecular formula is C29H35NO5. The molecule has 0 aromatic heterocycles. The van der Waals surface area contributed by atoms with Crippen LogP contribution in [0.2, 0.25) is 0 Å². The molecule has 6 heteroatoms. The fourth-order valence-electron chi connectivity index (χ4n) is 4.50. The first-order valence-electron chi connectivity index (χ1n) is 12.1. The predicted molar refractivity (Wildman–Crippen MR) is 137 cm³/mol. The maximum Gasteiger partial charge on any atom is 0.244 e. The number of ketones is 1. The molecule has 0 saturated carbocycles. The average molecular weight is 478 g/mol. The van der Waals surface area contributed by atoms with Gasteiger partial charge in [-0.15, -0.1) is 0 Å². The van der Waals surface area contributed by atoms with Gasteiger partial charge in [0, 0.05) is 31.1 Å². The third kappa shape index (κ3) is 7.64. The zero-order valence-electron chi connectivity index (χ0n) is 20.4. The molecular weight excluding hydrogens is 442 g/mol. The molecule has 6 nitrogen and oxygen atoms in total. The van der Waals surface area contributed by atoms with Crippen LogP contribution in [0, 0.1) is 5.92 Å². The number of aliphatic hydroxyl groups excluding tert-OH is 2. The quantitative estimate of drug-likeness (QED) is 0.532. The SMILES string of the molecule is CO[C@H]1C[C@H]2/C=C(C)/C=C\C=C\C(=O)N[C@@H](c3ccccc3)C/C=C/CC[C@@H](O)CC(=O)C2=C1O. The van der Waals surface area contributed by atoms with Crippen LogP contribution in [-0.2, 0) is 14.3 Å². The summed E-state index contributed by atoms with van der Waals surface area (Å²) in [5, 5.41) is 24.1. The number of fused-ring (bicyclic) bond motifs is 1. The summed E-state index contributed by atoms with van der Waals surface area (Å²) in [5.74, 6) is -0.790. The standard InChI is InChI=1S/C29H35NO5/c1-20-11-9-10-16-27(33)30-24(21-12-5-3-6-13-21)15-8-4-7-14-23(31)19-25(32)28-22(17-20)18-26(35-2)29(28)34/h3-6,8-13,16-17,22-24,26,31,34H,7,14-15,18-19H2,1-2H3,(H,30,33)/b8-4+,11-9-,16-10+,20-17+/t22-,23-,24-,26+/m1/s1. The van der Waals surface area contributed by atoms with Gasteiger partial charge in [-0.05, 0) is 38.2 Å². The third-order valence-electron chi connectivity index (χ3n) is 6.33. The molecule has 1 heterocycles. The normalized spacial score (nSPS) is 31.2. The Hall–Kier alpha value is -3.22. The molecule has 1 amide bonds. The minimum absolute atomic E-state index is 0.0444. The van der Waals surface area contributed by atoms with Crippen molar-refractivity contribution in [3.05, 3.63) is 95.3 Å². The van der Waals surface area contributed by atoms with Crippen molar-refractivity contribution in [2.75, 3.05) is 7.11 Å². The summed E-state index contributed by atoms with van der Waals surface area (Å²) in [5.41, 5.74) is 2.22. The zero-order chi connectivity index (χ0) is 25.2. The summed E-state index contributed by atoms with van der Waals surface area (Å²) < 4.78 is 5.35. The second-order valence-corrected chi connectivity index (χ2v) is 9.03. The van der Waals surface area contributed by atoms with Crippen LogP contribution in [0.1, 0.15) is 50.6 Å². The highest BCUT2D eigenvalue weighted by Crippen LogP contribution is 2.36. The lowest BCUT2D eigenvalue weighted by atomic mass is 9.92. The summed E-state index contributed by atoms with van der Waals surface area (Å²) in [6, 6.07) is 9.61. The summed E-state index contributed by atoms with van der Waals surface area (Å²) in [6.45, 7) is 1.90. The Labute approximate surface area is 207 Å². The van der Waals surface area contributed by atoms with Crippen molar-refractivity contribution < 1.29 is 24.5 Å². The molecule has 0 fully saturated rings. The van der Waals surface area contributed by atoms with Crippen LogP contribution >= 0.6 is 0 Å². The molecule has 0 radical (unpaired) electrons. The number of hydrogen-bond acceptors (Lipinski definition) is 5. The molecule has 1 aliphatic carbocycles. The number of hydrogen-bond donors (Lipinski definition) is 3. The monoisotopic (exact) mass is 477 g/mol. The van der Waals surface area contributed by atoms with Crippen LogP contribution in [0.5, 0.6) is 0 Å². The van der Waals surface area contributed by atoms with Crippen LogP contribution in [0.3, 0.4) is 0 Å². The number of nitrogens with one attached hydrogen (secondary N) is 1. The smallest absolute Gasteiger partial charge is 0.244 e. The lowest BCUT2D eigenvalue weighted by molar-refractivity contribution is -0.118. The lowest BCUT2D eigenvalue weighted by Crippen LogP contribution is -2.26. The van der Waals surface area contributed by atoms with Gasteiger partial charge < -0.3 is 20.3 Å². The van der Waals surface area contributed by atoms with Crippen LogP contribution < -0.4 is 5.32 Å². The highest BCUT2D eigenvalue weighted by molar-refractivity contribution is 5.97. The molecule has 1 aromatic carbocycles. The molecule has 0 saturated heterocycles. The lowest BCUT2D eigenvalue weighted by Gasteiger charge is -2.17. The summed E-state index contributed by atoms with van der Waals surface area (Å²) in [7, 11) is 1.51. The van der Waals surface area contributed by atoms with Crippen molar-refractivity contribution in [1.82, 2.24) is 5.32 Å². The Morgan fingerprint density at radius 1 is 1.06 bits per heavy atom. The van der Waals surface area contributed by atoms with Gasteiger partial charge in [-0.25, -0.2) is 0 Å². The van der Waals surface area contributed by atoms with Crippen molar-refractivity contribution in [2.24, 2.45) is 5.92 Å². The number of amides is 1. The molecule has 2 aliphatic rings. The Balaban J connectivity index is 1.84. The Bertz CT molecular complexity index is 1030. The van der Waals surface area contributed by atoms with Crippen LogP contribution in [0.15, 0.2) is 89.8 Å². The second-order valence-electron chi connectivity index (χ2n) is 9.03. The van der Waals surface area contributed by atoms with E-state index in [0.29, 0.717) is 31.3 Å². The van der Waals surface area contributed by atoms with E-state index in [2.05, 4.69) is 5.32 Å². The van der Waals surface area contributed by atoms with E-state index in [1.165, 1.54) is 13.2 Å². The maximum atomic E-state index is 13.0. The van der Waals surface area contributed by atoms with Crippen LogP contribution in [-0.4, -0.2) is 41.2 Å². The first-order valence-corrected chi connectivity index (χ1v) is 12.1. The van der Waals surface area contributed by atoms with Gasteiger partial charge in [0.05, 0.1) is 12.1 Å². The Kier molecular flexibility index (Phi) is 9.82. The fourth-order valence-corrected chi connectivity index (χ4v) is 4.50. The number of Topliss-reactive ketones (excluding diaryl/α,β-unsaturated/α-hetero) is 1. The second kappa shape index (κ2) is 13.0. The van der Waals surface area contributed by atoms with Gasteiger partial charge in [0.2, 0.25) is 5.91 Å². The van der Waals surface area contributed by atoms with Crippen molar-refractivity contribution in [3.8, 4) is 0 Å². The first kappa shape index (κ1) is 26.4. The largest absolute Gasteiger partial charge is 0.509 e. The van der Waals surface area contributed by atoms with E-state index in [9.17, 15) is 19.8 Å². The fraction of sp³-hybridized carbons (Fsp3) is 0.379. The summed E-state index contributed by atoms with van der Waals surface area (Å²) in [6.07, 6.45) is 13.4. The van der Waals surface area contributed by atoms with Crippen molar-refractivity contribution in [3.63, 3.8) is 0 Å². The van der Waals surface area contributed by atoms with Crippen molar-refractivity contribution >= 4 is 11.7 Å². The number of allylic oxidation sites excluding steroid dienone is 7. The summed E-state index contributed by atoms with van der Waals surface area (Å²) >= 11 is 0. The molecule has 1 aliphatic heterocycles. The van der Waals surface area contributed by atoms with E-state index in [1.54, 1.807) is 12.2 Å². The van der Waals surface area contributed by atoms with E-state index in [1.807, 2.05) is 61.6 Å². The maximum absolute atomic E-state index is 13.0. The number of carbonyl (C=O) groups excluding carboxylic acids is 2. The average Bonchev–Trinajstić information content (AvgIpc) is 3.15. The predicted octanol–water partition coefficient (Wildman–Crippen LogP) is 4.81. The Morgan fingerprint density at radius 3 is 2.54 bits per heavy atom. The van der Waals surface area contributed by atoms with Crippen molar-refractivity contribution in [1.29, 1.82) is 0 Å². The molecule has 0 bridgehead atoms.